The molecule has 2 N–H and O–H groups in total. The van der Waals surface area contributed by atoms with E-state index in [0.717, 1.165) is 44.0 Å². The number of alkyl halides is 3. The highest BCUT2D eigenvalue weighted by Gasteiger charge is 2.30. The molecule has 0 saturated carbocycles. The third-order valence-corrected chi connectivity index (χ3v) is 4.71. The second-order valence-electron chi connectivity index (χ2n) is 6.74. The number of rotatable bonds is 5. The zero-order valence-electron chi connectivity index (χ0n) is 16.7. The minimum absolute atomic E-state index is 0. The van der Waals surface area contributed by atoms with E-state index in [1.165, 1.54) is 11.8 Å². The van der Waals surface area contributed by atoms with E-state index in [-0.39, 0.29) is 30.5 Å². The van der Waals surface area contributed by atoms with Crippen molar-refractivity contribution in [3.8, 4) is 0 Å². The van der Waals surface area contributed by atoms with E-state index in [0.29, 0.717) is 18.1 Å². The maximum Gasteiger partial charge on any atom is 0.416 e. The largest absolute Gasteiger partial charge is 0.416 e. The second-order valence-corrected chi connectivity index (χ2v) is 6.74. The highest BCUT2D eigenvalue weighted by molar-refractivity contribution is 14.0. The average Bonchev–Trinajstić information content (AvgIpc) is 2.74. The van der Waals surface area contributed by atoms with Gasteiger partial charge in [-0.3, -0.25) is 4.99 Å². The Morgan fingerprint density at radius 1 is 1.00 bits per heavy atom. The summed E-state index contributed by atoms with van der Waals surface area (Å²) in [6.07, 6.45) is -4.34. The van der Waals surface area contributed by atoms with Crippen LogP contribution in [0.4, 0.5) is 18.9 Å². The lowest BCUT2D eigenvalue weighted by molar-refractivity contribution is -0.137. The molecule has 0 unspecified atom stereocenters. The number of anilines is 1. The fraction of sp³-hybridized carbons (Fsp3) is 0.381. The molecule has 1 aliphatic rings. The lowest BCUT2D eigenvalue weighted by Crippen LogP contribution is -2.36. The summed E-state index contributed by atoms with van der Waals surface area (Å²) in [6.45, 7) is 4.09. The van der Waals surface area contributed by atoms with Gasteiger partial charge in [0.05, 0.1) is 18.8 Å². The van der Waals surface area contributed by atoms with Crippen LogP contribution in [0.1, 0.15) is 16.7 Å². The highest BCUT2D eigenvalue weighted by Crippen LogP contribution is 2.29. The van der Waals surface area contributed by atoms with Gasteiger partial charge in [0.25, 0.3) is 0 Å². The number of nitrogens with zero attached hydrogens (tertiary/aromatic N) is 2. The van der Waals surface area contributed by atoms with Gasteiger partial charge in [-0.15, -0.1) is 24.0 Å². The fourth-order valence-corrected chi connectivity index (χ4v) is 3.10. The van der Waals surface area contributed by atoms with Gasteiger partial charge in [0.15, 0.2) is 5.96 Å². The van der Waals surface area contributed by atoms with Gasteiger partial charge in [0, 0.05) is 38.9 Å². The Kier molecular flexibility index (Phi) is 9.22. The van der Waals surface area contributed by atoms with Crippen LogP contribution >= 0.6 is 24.0 Å². The first-order valence-corrected chi connectivity index (χ1v) is 9.48. The standard InChI is InChI=1S/C21H25F3N4O.HI/c1-25-20(27-15-17-3-2-4-18(13-17)21(22,23)24)26-14-16-5-7-19(8-6-16)28-9-11-29-12-10-28;/h2-8,13H,9-12,14-15H2,1H3,(H2,25,26,27);1H. The topological polar surface area (TPSA) is 48.9 Å². The van der Waals surface area contributed by atoms with Gasteiger partial charge in [-0.05, 0) is 35.4 Å². The van der Waals surface area contributed by atoms with E-state index in [9.17, 15) is 13.2 Å². The van der Waals surface area contributed by atoms with E-state index >= 15 is 0 Å². The third kappa shape index (κ3) is 7.05. The van der Waals surface area contributed by atoms with E-state index in [4.69, 9.17) is 4.74 Å². The lowest BCUT2D eigenvalue weighted by atomic mass is 10.1. The molecule has 1 saturated heterocycles. The summed E-state index contributed by atoms with van der Waals surface area (Å²) in [5.41, 5.74) is 2.14. The van der Waals surface area contributed by atoms with Gasteiger partial charge in [-0.2, -0.15) is 13.2 Å². The molecule has 0 aliphatic carbocycles. The molecule has 0 radical (unpaired) electrons. The van der Waals surface area contributed by atoms with Crippen molar-refractivity contribution in [1.82, 2.24) is 10.6 Å². The normalized spacial score (nSPS) is 14.8. The number of hydrogen-bond acceptors (Lipinski definition) is 3. The molecule has 0 bridgehead atoms. The van der Waals surface area contributed by atoms with Crippen LogP contribution in [0, 0.1) is 0 Å². The molecule has 1 heterocycles. The Hall–Kier alpha value is -2.01. The molecule has 1 fully saturated rings. The van der Waals surface area contributed by atoms with Crippen LogP contribution in [0.3, 0.4) is 0 Å². The van der Waals surface area contributed by atoms with Crippen molar-refractivity contribution in [3.63, 3.8) is 0 Å². The molecule has 3 rings (SSSR count). The van der Waals surface area contributed by atoms with Crippen molar-refractivity contribution < 1.29 is 17.9 Å². The van der Waals surface area contributed by atoms with Crippen LogP contribution in [0.2, 0.25) is 0 Å². The van der Waals surface area contributed by atoms with E-state index in [1.807, 2.05) is 0 Å². The van der Waals surface area contributed by atoms with Crippen molar-refractivity contribution in [1.29, 1.82) is 0 Å². The SMILES string of the molecule is CN=C(NCc1ccc(N2CCOCC2)cc1)NCc1cccc(C(F)(F)F)c1.I. The molecule has 1 aliphatic heterocycles. The van der Waals surface area contributed by atoms with Gasteiger partial charge in [0.2, 0.25) is 0 Å². The van der Waals surface area contributed by atoms with E-state index < -0.39 is 11.7 Å². The van der Waals surface area contributed by atoms with Gasteiger partial charge in [0.1, 0.15) is 0 Å². The first kappa shape index (κ1) is 24.3. The summed E-state index contributed by atoms with van der Waals surface area (Å²) in [6, 6.07) is 13.5. The molecular formula is C21H26F3IN4O. The lowest BCUT2D eigenvalue weighted by Gasteiger charge is -2.28. The zero-order valence-corrected chi connectivity index (χ0v) is 19.0. The van der Waals surface area contributed by atoms with Gasteiger partial charge < -0.3 is 20.3 Å². The molecule has 164 valence electrons. The fourth-order valence-electron chi connectivity index (χ4n) is 3.10. The summed E-state index contributed by atoms with van der Waals surface area (Å²) in [7, 11) is 1.63. The average molecular weight is 534 g/mol. The molecule has 0 aromatic heterocycles. The first-order chi connectivity index (χ1) is 14.0. The summed E-state index contributed by atoms with van der Waals surface area (Å²) in [4.78, 5) is 6.42. The smallest absolute Gasteiger partial charge is 0.378 e. The molecule has 30 heavy (non-hydrogen) atoms. The summed E-state index contributed by atoms with van der Waals surface area (Å²) in [5.74, 6) is 0.527. The minimum Gasteiger partial charge on any atom is -0.378 e. The van der Waals surface area contributed by atoms with Crippen LogP contribution < -0.4 is 15.5 Å². The Balaban J connectivity index is 0.00000320. The van der Waals surface area contributed by atoms with Crippen molar-refractivity contribution in [2.75, 3.05) is 38.3 Å². The van der Waals surface area contributed by atoms with Crippen LogP contribution in [0.5, 0.6) is 0 Å². The number of aliphatic imine (C=N–C) groups is 1. The van der Waals surface area contributed by atoms with Gasteiger partial charge >= 0.3 is 6.18 Å². The van der Waals surface area contributed by atoms with Crippen molar-refractivity contribution in [2.45, 2.75) is 19.3 Å². The first-order valence-electron chi connectivity index (χ1n) is 9.48. The number of ether oxygens (including phenoxy) is 1. The second kappa shape index (κ2) is 11.4. The third-order valence-electron chi connectivity index (χ3n) is 4.71. The molecule has 0 atom stereocenters. The Bertz CT molecular complexity index is 822. The van der Waals surface area contributed by atoms with Crippen molar-refractivity contribution >= 4 is 35.6 Å². The maximum atomic E-state index is 12.8. The number of nitrogens with one attached hydrogen (secondary N) is 2. The molecule has 2 aromatic rings. The number of guanidine groups is 1. The van der Waals surface area contributed by atoms with Crippen molar-refractivity contribution in [2.24, 2.45) is 4.99 Å². The molecule has 5 nitrogen and oxygen atoms in total. The maximum absolute atomic E-state index is 12.8. The molecule has 0 amide bonds. The predicted molar refractivity (Wildman–Crippen MR) is 123 cm³/mol. The van der Waals surface area contributed by atoms with Crippen LogP contribution in [-0.2, 0) is 24.0 Å². The van der Waals surface area contributed by atoms with E-state index in [2.05, 4.69) is 44.8 Å². The Morgan fingerprint density at radius 2 is 1.63 bits per heavy atom. The van der Waals surface area contributed by atoms with E-state index in [1.54, 1.807) is 13.1 Å². The van der Waals surface area contributed by atoms with Crippen LogP contribution in [0.15, 0.2) is 53.5 Å². The zero-order chi connectivity index (χ0) is 20.7. The highest BCUT2D eigenvalue weighted by atomic mass is 127. The number of hydrogen-bond donors (Lipinski definition) is 2. The summed E-state index contributed by atoms with van der Waals surface area (Å²) >= 11 is 0. The van der Waals surface area contributed by atoms with Crippen molar-refractivity contribution in [3.05, 3.63) is 65.2 Å². The monoisotopic (exact) mass is 534 g/mol. The van der Waals surface area contributed by atoms with Gasteiger partial charge in [-0.25, -0.2) is 0 Å². The van der Waals surface area contributed by atoms with Crippen LogP contribution in [-0.4, -0.2) is 39.3 Å². The number of halogens is 4. The summed E-state index contributed by atoms with van der Waals surface area (Å²) < 4.78 is 43.8. The minimum atomic E-state index is -4.34. The summed E-state index contributed by atoms with van der Waals surface area (Å²) in [5, 5.41) is 6.23. The Morgan fingerprint density at radius 3 is 2.23 bits per heavy atom. The molecule has 9 heteroatoms. The molecule has 2 aromatic carbocycles. The van der Waals surface area contributed by atoms with Gasteiger partial charge in [-0.1, -0.05) is 24.3 Å². The predicted octanol–water partition coefficient (Wildman–Crippen LogP) is 4.03. The quantitative estimate of drug-likeness (QED) is 0.346. The Labute approximate surface area is 191 Å². The van der Waals surface area contributed by atoms with Crippen LogP contribution in [0.25, 0.3) is 0 Å². The molecular weight excluding hydrogens is 508 g/mol. The number of benzene rings is 2. The number of morpholine rings is 1. The molecule has 0 spiro atoms.